The molecule has 0 aromatic heterocycles. The molecule has 7 heteroatoms. The molecule has 2 N–H and O–H groups in total. The lowest BCUT2D eigenvalue weighted by Crippen LogP contribution is -2.38. The highest BCUT2D eigenvalue weighted by Crippen LogP contribution is 2.39. The molecule has 0 bridgehead atoms. The van der Waals surface area contributed by atoms with E-state index < -0.39 is 11.7 Å². The SMILES string of the molecule is O=C(CCc1ccc(O)c(O)c1)C1C(=O)CC(c2ccc3c(c2)OCO3)CC1=O. The van der Waals surface area contributed by atoms with Gasteiger partial charge < -0.3 is 19.7 Å². The van der Waals surface area contributed by atoms with Crippen molar-refractivity contribution in [1.29, 1.82) is 0 Å². The molecule has 0 radical (unpaired) electrons. The van der Waals surface area contributed by atoms with Crippen LogP contribution in [0, 0.1) is 5.92 Å². The maximum absolute atomic E-state index is 12.6. The van der Waals surface area contributed by atoms with E-state index in [4.69, 9.17) is 9.47 Å². The Morgan fingerprint density at radius 1 is 0.931 bits per heavy atom. The Hall–Kier alpha value is -3.35. The number of ketones is 3. The van der Waals surface area contributed by atoms with E-state index in [0.29, 0.717) is 17.1 Å². The number of aromatic hydroxyl groups is 2. The minimum absolute atomic E-state index is 0.0149. The standard InChI is InChI=1S/C22H20O7/c23-15-4-1-12(7-17(15)25)2-5-16(24)22-18(26)8-14(9-19(22)27)13-3-6-20-21(10-13)29-11-28-20/h1,3-4,6-7,10,14,22-23,25H,2,5,8-9,11H2. The molecule has 2 aromatic rings. The Morgan fingerprint density at radius 2 is 1.66 bits per heavy atom. The van der Waals surface area contributed by atoms with Crippen molar-refractivity contribution in [3.05, 3.63) is 47.5 Å². The molecule has 0 atom stereocenters. The van der Waals surface area contributed by atoms with Crippen molar-refractivity contribution in [1.82, 2.24) is 0 Å². The summed E-state index contributed by atoms with van der Waals surface area (Å²) in [5.41, 5.74) is 1.46. The Kier molecular flexibility index (Phi) is 4.96. The van der Waals surface area contributed by atoms with Gasteiger partial charge >= 0.3 is 0 Å². The second-order valence-corrected chi connectivity index (χ2v) is 7.37. The summed E-state index contributed by atoms with van der Waals surface area (Å²) in [7, 11) is 0. The number of hydrogen-bond acceptors (Lipinski definition) is 7. The fourth-order valence-electron chi connectivity index (χ4n) is 3.87. The van der Waals surface area contributed by atoms with Gasteiger partial charge in [-0.15, -0.1) is 0 Å². The highest BCUT2D eigenvalue weighted by molar-refractivity contribution is 6.21. The summed E-state index contributed by atoms with van der Waals surface area (Å²) >= 11 is 0. The second-order valence-electron chi connectivity index (χ2n) is 7.37. The molecular weight excluding hydrogens is 376 g/mol. The van der Waals surface area contributed by atoms with Crippen molar-refractivity contribution >= 4 is 17.3 Å². The highest BCUT2D eigenvalue weighted by atomic mass is 16.7. The molecule has 150 valence electrons. The zero-order valence-electron chi connectivity index (χ0n) is 15.6. The van der Waals surface area contributed by atoms with Gasteiger partial charge in [0.05, 0.1) is 0 Å². The lowest BCUT2D eigenvalue weighted by molar-refractivity contribution is -0.142. The summed E-state index contributed by atoms with van der Waals surface area (Å²) in [5.74, 6) is -1.90. The van der Waals surface area contributed by atoms with Crippen molar-refractivity contribution < 1.29 is 34.1 Å². The highest BCUT2D eigenvalue weighted by Gasteiger charge is 2.40. The van der Waals surface area contributed by atoms with E-state index in [1.807, 2.05) is 6.07 Å². The molecule has 2 aromatic carbocycles. The first-order chi connectivity index (χ1) is 13.9. The summed E-state index contributed by atoms with van der Waals surface area (Å²) in [5, 5.41) is 18.9. The number of fused-ring (bicyclic) bond motifs is 1. The van der Waals surface area contributed by atoms with Gasteiger partial charge in [-0.25, -0.2) is 0 Å². The van der Waals surface area contributed by atoms with Gasteiger partial charge in [-0.2, -0.15) is 0 Å². The Balaban J connectivity index is 1.41. The van der Waals surface area contributed by atoms with Crippen LogP contribution in [0.25, 0.3) is 0 Å². The Bertz CT molecular complexity index is 977. The first kappa shape index (κ1) is 19.0. The molecule has 7 nitrogen and oxygen atoms in total. The van der Waals surface area contributed by atoms with Crippen LogP contribution in [-0.4, -0.2) is 34.4 Å². The third-order valence-electron chi connectivity index (χ3n) is 5.43. The number of aryl methyl sites for hydroxylation is 1. The van der Waals surface area contributed by atoms with Crippen LogP contribution in [0.15, 0.2) is 36.4 Å². The van der Waals surface area contributed by atoms with Gasteiger partial charge in [0.25, 0.3) is 0 Å². The van der Waals surface area contributed by atoms with E-state index in [9.17, 15) is 24.6 Å². The second kappa shape index (κ2) is 7.58. The van der Waals surface area contributed by atoms with E-state index in [2.05, 4.69) is 0 Å². The van der Waals surface area contributed by atoms with Crippen molar-refractivity contribution in [3.8, 4) is 23.0 Å². The minimum Gasteiger partial charge on any atom is -0.504 e. The average Bonchev–Trinajstić information content (AvgIpc) is 3.16. The number of hydrogen-bond donors (Lipinski definition) is 2. The third kappa shape index (κ3) is 3.81. The summed E-state index contributed by atoms with van der Waals surface area (Å²) in [4.78, 5) is 37.8. The van der Waals surface area contributed by atoms with Crippen LogP contribution >= 0.6 is 0 Å². The number of carbonyl (C=O) groups is 3. The van der Waals surface area contributed by atoms with Crippen LogP contribution < -0.4 is 9.47 Å². The maximum atomic E-state index is 12.6. The predicted molar refractivity (Wildman–Crippen MR) is 101 cm³/mol. The number of benzene rings is 2. The molecule has 2 aliphatic rings. The first-order valence-electron chi connectivity index (χ1n) is 9.41. The molecule has 0 spiro atoms. The largest absolute Gasteiger partial charge is 0.504 e. The lowest BCUT2D eigenvalue weighted by Gasteiger charge is -2.26. The smallest absolute Gasteiger partial charge is 0.231 e. The van der Waals surface area contributed by atoms with Gasteiger partial charge in [-0.3, -0.25) is 14.4 Å². The number of phenolic OH excluding ortho intramolecular Hbond substituents is 2. The van der Waals surface area contributed by atoms with E-state index in [1.165, 1.54) is 12.1 Å². The number of carbonyl (C=O) groups excluding carboxylic acids is 3. The molecule has 1 fully saturated rings. The average molecular weight is 396 g/mol. The van der Waals surface area contributed by atoms with Crippen LogP contribution in [0.1, 0.15) is 36.3 Å². The topological polar surface area (TPSA) is 110 Å². The molecule has 0 amide bonds. The maximum Gasteiger partial charge on any atom is 0.231 e. The third-order valence-corrected chi connectivity index (χ3v) is 5.43. The number of phenols is 2. The molecule has 0 unspecified atom stereocenters. The van der Waals surface area contributed by atoms with E-state index in [1.54, 1.807) is 18.2 Å². The van der Waals surface area contributed by atoms with E-state index in [0.717, 1.165) is 5.56 Å². The normalized spacial score (nSPS) is 20.7. The lowest BCUT2D eigenvalue weighted by atomic mass is 9.74. The quantitative estimate of drug-likeness (QED) is 0.590. The Labute approximate surface area is 166 Å². The molecule has 1 aliphatic heterocycles. The predicted octanol–water partition coefficient (Wildman–Crippen LogP) is 2.66. The van der Waals surface area contributed by atoms with Crippen LogP contribution in [0.4, 0.5) is 0 Å². The summed E-state index contributed by atoms with van der Waals surface area (Å²) < 4.78 is 10.6. The van der Waals surface area contributed by atoms with Gasteiger partial charge in [0.15, 0.2) is 40.3 Å². The van der Waals surface area contributed by atoms with Crippen LogP contribution in [0.5, 0.6) is 23.0 Å². The molecule has 1 heterocycles. The zero-order valence-corrected chi connectivity index (χ0v) is 15.6. The summed E-state index contributed by atoms with van der Waals surface area (Å²) in [6, 6.07) is 9.65. The number of rotatable bonds is 5. The molecule has 29 heavy (non-hydrogen) atoms. The van der Waals surface area contributed by atoms with Gasteiger partial charge in [-0.05, 0) is 47.7 Å². The fraction of sp³-hybridized carbons (Fsp3) is 0.318. The van der Waals surface area contributed by atoms with Crippen molar-refractivity contribution in [3.63, 3.8) is 0 Å². The first-order valence-corrected chi connectivity index (χ1v) is 9.41. The molecule has 1 aliphatic carbocycles. The van der Waals surface area contributed by atoms with Gasteiger partial charge in [0.2, 0.25) is 6.79 Å². The summed E-state index contributed by atoms with van der Waals surface area (Å²) in [6.45, 7) is 0.150. The van der Waals surface area contributed by atoms with Crippen molar-refractivity contribution in [2.24, 2.45) is 5.92 Å². The monoisotopic (exact) mass is 396 g/mol. The molecular formula is C22H20O7. The fourth-order valence-corrected chi connectivity index (χ4v) is 3.87. The number of Topliss-reactive ketones (excluding diaryl/α,β-unsaturated/α-hetero) is 3. The van der Waals surface area contributed by atoms with Crippen molar-refractivity contribution in [2.45, 2.75) is 31.6 Å². The molecule has 0 saturated heterocycles. The van der Waals surface area contributed by atoms with E-state index in [-0.39, 0.29) is 61.5 Å². The minimum atomic E-state index is -1.22. The Morgan fingerprint density at radius 3 is 2.38 bits per heavy atom. The van der Waals surface area contributed by atoms with Crippen LogP contribution in [-0.2, 0) is 20.8 Å². The molecule has 1 saturated carbocycles. The van der Waals surface area contributed by atoms with Crippen LogP contribution in [0.3, 0.4) is 0 Å². The van der Waals surface area contributed by atoms with Crippen molar-refractivity contribution in [2.75, 3.05) is 6.79 Å². The van der Waals surface area contributed by atoms with Gasteiger partial charge in [0.1, 0.15) is 5.92 Å². The van der Waals surface area contributed by atoms with Gasteiger partial charge in [-0.1, -0.05) is 12.1 Å². The molecule has 4 rings (SSSR count). The summed E-state index contributed by atoms with van der Waals surface area (Å²) in [6.07, 6.45) is 0.542. The zero-order chi connectivity index (χ0) is 20.5. The van der Waals surface area contributed by atoms with Crippen LogP contribution in [0.2, 0.25) is 0 Å². The number of ether oxygens (including phenoxy) is 2. The van der Waals surface area contributed by atoms with E-state index >= 15 is 0 Å². The van der Waals surface area contributed by atoms with Gasteiger partial charge in [0, 0.05) is 19.3 Å².